The Bertz CT molecular complexity index is 251. The molecule has 0 aromatic carbocycles. The van der Waals surface area contributed by atoms with Crippen molar-refractivity contribution in [3.63, 3.8) is 0 Å². The molecule has 2 aliphatic rings. The number of carbonyl (C=O) groups is 1. The zero-order chi connectivity index (χ0) is 10.3. The molecule has 3 nitrogen and oxygen atoms in total. The molecule has 0 N–H and O–H groups in total. The molecule has 0 radical (unpaired) electrons. The smallest absolute Gasteiger partial charge is 0.236 e. The van der Waals surface area contributed by atoms with Crippen molar-refractivity contribution in [2.24, 2.45) is 0 Å². The molecule has 1 heterocycles. The van der Waals surface area contributed by atoms with Gasteiger partial charge in [0.2, 0.25) is 5.91 Å². The van der Waals surface area contributed by atoms with Gasteiger partial charge in [0.25, 0.3) is 0 Å². The molecule has 1 atom stereocenters. The van der Waals surface area contributed by atoms with Crippen LogP contribution in [0.25, 0.3) is 0 Å². The summed E-state index contributed by atoms with van der Waals surface area (Å²) in [5.74, 6) is 0.276. The van der Waals surface area contributed by atoms with Gasteiger partial charge in [0.1, 0.15) is 0 Å². The minimum atomic E-state index is 0.0699. The fourth-order valence-corrected chi connectivity index (χ4v) is 2.60. The van der Waals surface area contributed by atoms with E-state index >= 15 is 0 Å². The molecular weight excluding hydrogens is 244 g/mol. The highest BCUT2D eigenvalue weighted by molar-refractivity contribution is 9.10. The summed E-state index contributed by atoms with van der Waals surface area (Å²) in [6.45, 7) is 1.84. The first-order valence-corrected chi connectivity index (χ1v) is 6.07. The molecule has 0 aromatic rings. The van der Waals surface area contributed by atoms with Crippen LogP contribution in [0.1, 0.15) is 19.3 Å². The van der Waals surface area contributed by atoms with Crippen molar-refractivity contribution in [1.29, 1.82) is 0 Å². The van der Waals surface area contributed by atoms with Crippen LogP contribution in [0.3, 0.4) is 0 Å². The van der Waals surface area contributed by atoms with Crippen molar-refractivity contribution < 1.29 is 4.79 Å². The highest BCUT2D eigenvalue weighted by atomic mass is 79.9. The number of rotatable bonds is 3. The van der Waals surface area contributed by atoms with Gasteiger partial charge in [0, 0.05) is 18.6 Å². The molecule has 1 unspecified atom stereocenters. The topological polar surface area (TPSA) is 23.6 Å². The Morgan fingerprint density at radius 1 is 1.57 bits per heavy atom. The number of hydrogen-bond acceptors (Lipinski definition) is 2. The first-order valence-electron chi connectivity index (χ1n) is 5.15. The molecule has 1 aliphatic carbocycles. The molecular formula is C10H17BrN2O. The summed E-state index contributed by atoms with van der Waals surface area (Å²) < 4.78 is 0. The second kappa shape index (κ2) is 3.49. The number of nitrogens with zero attached hydrogens (tertiary/aromatic N) is 2. The number of hydrogen-bond donors (Lipinski definition) is 0. The van der Waals surface area contributed by atoms with Gasteiger partial charge in [-0.05, 0) is 33.4 Å². The monoisotopic (exact) mass is 260 g/mol. The quantitative estimate of drug-likeness (QED) is 0.710. The van der Waals surface area contributed by atoms with Gasteiger partial charge in [-0.3, -0.25) is 4.79 Å². The fourth-order valence-electron chi connectivity index (χ4n) is 2.10. The van der Waals surface area contributed by atoms with E-state index in [1.165, 1.54) is 12.8 Å². The third-order valence-corrected chi connectivity index (χ3v) is 4.34. The van der Waals surface area contributed by atoms with E-state index < -0.39 is 0 Å². The van der Waals surface area contributed by atoms with Crippen molar-refractivity contribution >= 4 is 21.8 Å². The first-order chi connectivity index (χ1) is 6.55. The van der Waals surface area contributed by atoms with Crippen LogP contribution < -0.4 is 0 Å². The molecule has 14 heavy (non-hydrogen) atoms. The van der Waals surface area contributed by atoms with Crippen LogP contribution in [-0.2, 0) is 4.79 Å². The van der Waals surface area contributed by atoms with Crippen LogP contribution in [0.4, 0.5) is 0 Å². The summed E-state index contributed by atoms with van der Waals surface area (Å²) in [4.78, 5) is 16.0. The number of halogens is 1. The van der Waals surface area contributed by atoms with E-state index in [1.54, 1.807) is 0 Å². The summed E-state index contributed by atoms with van der Waals surface area (Å²) in [5, 5.41) is 0. The zero-order valence-corrected chi connectivity index (χ0v) is 10.4. The Hall–Kier alpha value is -0.0900. The molecule has 4 heteroatoms. The Morgan fingerprint density at radius 3 is 2.57 bits per heavy atom. The second-order valence-corrected chi connectivity index (χ2v) is 5.74. The van der Waals surface area contributed by atoms with Crippen LogP contribution in [0.2, 0.25) is 0 Å². The Labute approximate surface area is 93.6 Å². The van der Waals surface area contributed by atoms with Crippen molar-refractivity contribution in [2.75, 3.05) is 27.2 Å². The lowest BCUT2D eigenvalue weighted by molar-refractivity contribution is -0.128. The summed E-state index contributed by atoms with van der Waals surface area (Å²) >= 11 is 3.40. The van der Waals surface area contributed by atoms with E-state index in [0.717, 1.165) is 19.5 Å². The van der Waals surface area contributed by atoms with Gasteiger partial charge in [-0.15, -0.1) is 0 Å². The van der Waals surface area contributed by atoms with Gasteiger partial charge in [-0.25, -0.2) is 0 Å². The van der Waals surface area contributed by atoms with Crippen molar-refractivity contribution in [1.82, 2.24) is 9.80 Å². The van der Waals surface area contributed by atoms with E-state index in [9.17, 15) is 4.79 Å². The Morgan fingerprint density at radius 2 is 2.21 bits per heavy atom. The summed E-state index contributed by atoms with van der Waals surface area (Å²) in [7, 11) is 4.22. The molecule has 2 fully saturated rings. The molecule has 0 spiro atoms. The number of alkyl halides is 1. The Balaban J connectivity index is 1.95. The molecule has 0 aromatic heterocycles. The molecule has 80 valence electrons. The number of likely N-dealkylation sites (tertiary alicyclic amines) is 1. The van der Waals surface area contributed by atoms with E-state index in [2.05, 4.69) is 34.9 Å². The van der Waals surface area contributed by atoms with Crippen LogP contribution >= 0.6 is 15.9 Å². The normalized spacial score (nSPS) is 30.1. The second-order valence-electron chi connectivity index (χ2n) is 4.63. The van der Waals surface area contributed by atoms with Crippen molar-refractivity contribution in [3.8, 4) is 0 Å². The molecule has 1 saturated heterocycles. The van der Waals surface area contributed by atoms with Gasteiger partial charge in [-0.1, -0.05) is 15.9 Å². The number of carbonyl (C=O) groups excluding carboxylic acids is 1. The van der Waals surface area contributed by atoms with Gasteiger partial charge >= 0.3 is 0 Å². The average molecular weight is 261 g/mol. The average Bonchev–Trinajstić information content (AvgIpc) is 2.85. The van der Waals surface area contributed by atoms with Crippen molar-refractivity contribution in [2.45, 2.75) is 29.6 Å². The summed E-state index contributed by atoms with van der Waals surface area (Å²) in [6.07, 6.45) is 3.43. The van der Waals surface area contributed by atoms with E-state index in [0.29, 0.717) is 5.54 Å². The van der Waals surface area contributed by atoms with E-state index in [-0.39, 0.29) is 10.7 Å². The van der Waals surface area contributed by atoms with Crippen LogP contribution in [0, 0.1) is 0 Å². The SMILES string of the molecule is CN(C)C1(CN2CCC(Br)C2=O)CC1. The third kappa shape index (κ3) is 1.70. The molecule has 0 bridgehead atoms. The largest absolute Gasteiger partial charge is 0.340 e. The molecule has 1 amide bonds. The molecule has 2 rings (SSSR count). The minimum absolute atomic E-state index is 0.0699. The number of likely N-dealkylation sites (N-methyl/N-ethyl adjacent to an activating group) is 1. The fraction of sp³-hybridized carbons (Fsp3) is 0.900. The summed E-state index contributed by atoms with van der Waals surface area (Å²) in [6, 6.07) is 0. The lowest BCUT2D eigenvalue weighted by Crippen LogP contribution is -2.43. The van der Waals surface area contributed by atoms with E-state index in [1.807, 2.05) is 4.90 Å². The highest BCUT2D eigenvalue weighted by Crippen LogP contribution is 2.41. The Kier molecular flexibility index (Phi) is 2.60. The van der Waals surface area contributed by atoms with Gasteiger partial charge in [-0.2, -0.15) is 0 Å². The minimum Gasteiger partial charge on any atom is -0.340 e. The predicted octanol–water partition coefficient (Wildman–Crippen LogP) is 1.08. The lowest BCUT2D eigenvalue weighted by Gasteiger charge is -2.28. The van der Waals surface area contributed by atoms with Gasteiger partial charge in [0.15, 0.2) is 0 Å². The van der Waals surface area contributed by atoms with Crippen LogP contribution in [0.15, 0.2) is 0 Å². The molecule has 1 saturated carbocycles. The van der Waals surface area contributed by atoms with Crippen LogP contribution in [-0.4, -0.2) is 53.3 Å². The molecule has 1 aliphatic heterocycles. The van der Waals surface area contributed by atoms with Crippen LogP contribution in [0.5, 0.6) is 0 Å². The van der Waals surface area contributed by atoms with Gasteiger partial charge < -0.3 is 9.80 Å². The predicted molar refractivity (Wildman–Crippen MR) is 59.6 cm³/mol. The number of amides is 1. The van der Waals surface area contributed by atoms with Gasteiger partial charge in [0.05, 0.1) is 4.83 Å². The highest BCUT2D eigenvalue weighted by Gasteiger charge is 2.48. The summed E-state index contributed by atoms with van der Waals surface area (Å²) in [5.41, 5.74) is 0.298. The maximum Gasteiger partial charge on any atom is 0.236 e. The first kappa shape index (κ1) is 10.4. The standard InChI is InChI=1S/C10H17BrN2O/c1-12(2)10(4-5-10)7-13-6-3-8(11)9(13)14/h8H,3-7H2,1-2H3. The van der Waals surface area contributed by atoms with E-state index in [4.69, 9.17) is 0 Å². The zero-order valence-electron chi connectivity index (χ0n) is 8.79. The maximum atomic E-state index is 11.7. The lowest BCUT2D eigenvalue weighted by atomic mass is 10.2. The van der Waals surface area contributed by atoms with Crippen molar-refractivity contribution in [3.05, 3.63) is 0 Å². The third-order valence-electron chi connectivity index (χ3n) is 3.49. The maximum absolute atomic E-state index is 11.7.